The normalized spacial score (nSPS) is 11.4. The first kappa shape index (κ1) is 21.0. The summed E-state index contributed by atoms with van der Waals surface area (Å²) in [5, 5.41) is 0.111. The zero-order valence-electron chi connectivity index (χ0n) is 16.3. The topological polar surface area (TPSA) is 80.7 Å². The Hall–Kier alpha value is -3.29. The third-order valence-corrected chi connectivity index (χ3v) is 6.51. The number of carbonyl (C=O) groups is 1. The van der Waals surface area contributed by atoms with Crippen molar-refractivity contribution >= 4 is 27.3 Å². The van der Waals surface area contributed by atoms with E-state index in [-0.39, 0.29) is 22.3 Å². The molecule has 0 saturated carbocycles. The van der Waals surface area contributed by atoms with E-state index in [9.17, 15) is 13.2 Å². The van der Waals surface area contributed by atoms with Crippen molar-refractivity contribution in [3.8, 4) is 0 Å². The molecule has 2 heterocycles. The lowest BCUT2D eigenvalue weighted by Crippen LogP contribution is -2.29. The summed E-state index contributed by atoms with van der Waals surface area (Å²) in [6, 6.07) is 21.4. The van der Waals surface area contributed by atoms with Gasteiger partial charge in [0.1, 0.15) is 5.76 Å². The molecule has 0 fully saturated rings. The summed E-state index contributed by atoms with van der Waals surface area (Å²) in [6.45, 7) is 0.515. The Labute approximate surface area is 184 Å². The van der Waals surface area contributed by atoms with Crippen LogP contribution in [0.1, 0.15) is 21.9 Å². The number of benzene rings is 2. The van der Waals surface area contributed by atoms with E-state index in [4.69, 9.17) is 20.4 Å². The van der Waals surface area contributed by atoms with E-state index in [0.29, 0.717) is 17.3 Å². The van der Waals surface area contributed by atoms with E-state index in [2.05, 4.69) is 0 Å². The summed E-state index contributed by atoms with van der Waals surface area (Å²) >= 11 is 5.84. The van der Waals surface area contributed by atoms with Crippen molar-refractivity contribution < 1.29 is 22.0 Å². The van der Waals surface area contributed by atoms with Crippen LogP contribution in [0.2, 0.25) is 5.02 Å². The van der Waals surface area contributed by atoms with Gasteiger partial charge in [-0.05, 0) is 54.1 Å². The van der Waals surface area contributed by atoms with Gasteiger partial charge in [0.25, 0.3) is 5.91 Å². The lowest BCUT2D eigenvalue weighted by Gasteiger charge is -2.20. The zero-order valence-corrected chi connectivity index (χ0v) is 17.8. The minimum atomic E-state index is -3.92. The van der Waals surface area contributed by atoms with Gasteiger partial charge in [-0.3, -0.25) is 4.79 Å². The van der Waals surface area contributed by atoms with E-state index in [1.165, 1.54) is 47.6 Å². The first-order valence-electron chi connectivity index (χ1n) is 9.39. The maximum absolute atomic E-state index is 13.2. The van der Waals surface area contributed by atoms with Gasteiger partial charge in [0.15, 0.2) is 5.76 Å². The van der Waals surface area contributed by atoms with Gasteiger partial charge in [0.2, 0.25) is 14.9 Å². The molecule has 0 aliphatic heterocycles. The molecule has 158 valence electrons. The molecule has 2 aromatic carbocycles. The average Bonchev–Trinajstić information content (AvgIpc) is 3.46. The van der Waals surface area contributed by atoms with E-state index in [0.717, 1.165) is 5.56 Å². The molecule has 0 aliphatic rings. The Balaban J connectivity index is 1.61. The predicted molar refractivity (Wildman–Crippen MR) is 114 cm³/mol. The van der Waals surface area contributed by atoms with Crippen LogP contribution in [0.25, 0.3) is 0 Å². The number of sulfone groups is 1. The van der Waals surface area contributed by atoms with Gasteiger partial charge in [-0.25, -0.2) is 8.42 Å². The zero-order chi connectivity index (χ0) is 21.8. The molecule has 0 radical (unpaired) electrons. The number of carbonyl (C=O) groups excluding carboxylic acids is 1. The van der Waals surface area contributed by atoms with Crippen molar-refractivity contribution in [2.45, 2.75) is 23.1 Å². The second-order valence-corrected chi connectivity index (χ2v) is 9.12. The fourth-order valence-electron chi connectivity index (χ4n) is 3.06. The SMILES string of the molecule is O=C(c1ccc(S(=O)(=O)c2ccc(Cl)cc2)o1)N(Cc1ccccc1)Cc1ccco1. The number of hydrogen-bond donors (Lipinski definition) is 0. The highest BCUT2D eigenvalue weighted by atomic mass is 35.5. The van der Waals surface area contributed by atoms with Crippen molar-refractivity contribution in [1.82, 2.24) is 4.90 Å². The number of halogens is 1. The third kappa shape index (κ3) is 4.73. The number of furan rings is 2. The van der Waals surface area contributed by atoms with E-state index in [1.54, 1.807) is 12.1 Å². The highest BCUT2D eigenvalue weighted by Gasteiger charge is 2.26. The van der Waals surface area contributed by atoms with E-state index >= 15 is 0 Å². The first-order chi connectivity index (χ1) is 14.9. The van der Waals surface area contributed by atoms with E-state index < -0.39 is 15.7 Å². The van der Waals surface area contributed by atoms with Gasteiger partial charge in [-0.15, -0.1) is 0 Å². The largest absolute Gasteiger partial charge is 0.467 e. The maximum Gasteiger partial charge on any atom is 0.290 e. The van der Waals surface area contributed by atoms with Crippen LogP contribution in [0.4, 0.5) is 0 Å². The van der Waals surface area contributed by atoms with Crippen LogP contribution in [0.15, 0.2) is 104 Å². The maximum atomic E-state index is 13.2. The van der Waals surface area contributed by atoms with Gasteiger partial charge in [0, 0.05) is 11.6 Å². The second-order valence-electron chi connectivity index (χ2n) is 6.80. The second kappa shape index (κ2) is 8.83. The monoisotopic (exact) mass is 455 g/mol. The predicted octanol–water partition coefficient (Wildman–Crippen LogP) is 5.20. The molecule has 31 heavy (non-hydrogen) atoms. The van der Waals surface area contributed by atoms with Crippen LogP contribution in [0, 0.1) is 0 Å². The van der Waals surface area contributed by atoms with Crippen molar-refractivity contribution in [2.24, 2.45) is 0 Å². The molecular weight excluding hydrogens is 438 g/mol. The fraction of sp³-hybridized carbons (Fsp3) is 0.0870. The first-order valence-corrected chi connectivity index (χ1v) is 11.3. The van der Waals surface area contributed by atoms with Gasteiger partial charge in [0.05, 0.1) is 17.7 Å². The standard InChI is InChI=1S/C23H18ClNO5S/c24-18-8-10-20(11-9-18)31(27,28)22-13-12-21(30-22)23(26)25(16-19-7-4-14-29-19)15-17-5-2-1-3-6-17/h1-14H,15-16H2. The van der Waals surface area contributed by atoms with Crippen molar-refractivity contribution in [3.05, 3.63) is 107 Å². The summed E-state index contributed by atoms with van der Waals surface area (Å²) in [6.07, 6.45) is 1.53. The Morgan fingerprint density at radius 3 is 2.29 bits per heavy atom. The van der Waals surface area contributed by atoms with Crippen LogP contribution in [0.5, 0.6) is 0 Å². The van der Waals surface area contributed by atoms with Crippen LogP contribution in [-0.2, 0) is 22.9 Å². The van der Waals surface area contributed by atoms with Crippen molar-refractivity contribution in [2.75, 3.05) is 0 Å². The summed E-state index contributed by atoms with van der Waals surface area (Å²) in [4.78, 5) is 14.7. The molecular formula is C23H18ClNO5S. The lowest BCUT2D eigenvalue weighted by atomic mass is 10.2. The molecule has 1 amide bonds. The summed E-state index contributed by atoms with van der Waals surface area (Å²) in [7, 11) is -3.92. The summed E-state index contributed by atoms with van der Waals surface area (Å²) < 4.78 is 36.5. The molecule has 0 unspecified atom stereocenters. The fourth-order valence-corrected chi connectivity index (χ4v) is 4.36. The molecule has 0 spiro atoms. The van der Waals surface area contributed by atoms with Gasteiger partial charge < -0.3 is 13.7 Å². The highest BCUT2D eigenvalue weighted by molar-refractivity contribution is 7.91. The minimum absolute atomic E-state index is 0.0296. The Kier molecular flexibility index (Phi) is 5.97. The number of rotatable bonds is 7. The molecule has 4 aromatic rings. The van der Waals surface area contributed by atoms with Gasteiger partial charge in [-0.1, -0.05) is 41.9 Å². The van der Waals surface area contributed by atoms with Crippen LogP contribution in [-0.4, -0.2) is 19.2 Å². The molecule has 6 nitrogen and oxygen atoms in total. The van der Waals surface area contributed by atoms with Crippen molar-refractivity contribution in [1.29, 1.82) is 0 Å². The molecule has 0 saturated heterocycles. The average molecular weight is 456 g/mol. The molecule has 4 rings (SSSR count). The summed E-state index contributed by atoms with van der Waals surface area (Å²) in [5.74, 6) is 0.0812. The van der Waals surface area contributed by atoms with Crippen LogP contribution in [0.3, 0.4) is 0 Å². The molecule has 0 aliphatic carbocycles. The van der Waals surface area contributed by atoms with Gasteiger partial charge >= 0.3 is 0 Å². The minimum Gasteiger partial charge on any atom is -0.467 e. The quantitative estimate of drug-likeness (QED) is 0.382. The summed E-state index contributed by atoms with van der Waals surface area (Å²) in [5.41, 5.74) is 0.919. The van der Waals surface area contributed by atoms with Crippen molar-refractivity contribution in [3.63, 3.8) is 0 Å². The third-order valence-electron chi connectivity index (χ3n) is 4.61. The van der Waals surface area contributed by atoms with Crippen LogP contribution >= 0.6 is 11.6 Å². The molecule has 0 bridgehead atoms. The highest BCUT2D eigenvalue weighted by Crippen LogP contribution is 2.25. The van der Waals surface area contributed by atoms with Gasteiger partial charge in [-0.2, -0.15) is 0 Å². The molecule has 0 N–H and O–H groups in total. The Morgan fingerprint density at radius 1 is 0.871 bits per heavy atom. The lowest BCUT2D eigenvalue weighted by molar-refractivity contribution is 0.0679. The smallest absolute Gasteiger partial charge is 0.290 e. The molecule has 2 aromatic heterocycles. The number of amides is 1. The number of nitrogens with zero attached hydrogens (tertiary/aromatic N) is 1. The number of hydrogen-bond acceptors (Lipinski definition) is 5. The molecule has 0 atom stereocenters. The van der Waals surface area contributed by atoms with E-state index in [1.807, 2.05) is 30.3 Å². The van der Waals surface area contributed by atoms with Crippen LogP contribution < -0.4 is 0 Å². The Bertz CT molecular complexity index is 1260. The molecule has 8 heteroatoms. The Morgan fingerprint density at radius 2 is 1.61 bits per heavy atom.